The van der Waals surface area contributed by atoms with Crippen LogP contribution >= 0.6 is 0 Å². The summed E-state index contributed by atoms with van der Waals surface area (Å²) in [6.45, 7) is 6.49. The number of amides is 3. The molecule has 0 spiro atoms. The third-order valence-electron chi connectivity index (χ3n) is 7.72. The average Bonchev–Trinajstić information content (AvgIpc) is 3.33. The molecule has 5 rings (SSSR count). The molecule has 10 nitrogen and oxygen atoms in total. The number of halogens is 5. The van der Waals surface area contributed by atoms with Gasteiger partial charge in [0.1, 0.15) is 0 Å². The summed E-state index contributed by atoms with van der Waals surface area (Å²) in [6, 6.07) is 4.48. The summed E-state index contributed by atoms with van der Waals surface area (Å²) >= 11 is 2.37. The number of hydrogen-bond donors (Lipinski definition) is 2. The zero-order valence-electron chi connectivity index (χ0n) is 26.4. The fraction of sp³-hybridized carbons (Fsp3) is 0.375. The quantitative estimate of drug-likeness (QED) is 0.176. The van der Waals surface area contributed by atoms with E-state index in [1.807, 2.05) is 26.1 Å². The minimum absolute atomic E-state index is 0.0392. The number of ether oxygens (including phenoxy) is 2. The van der Waals surface area contributed by atoms with E-state index in [-0.39, 0.29) is 24.3 Å². The number of aromatic nitrogens is 3. The Bertz CT molecular complexity index is 1850. The molecule has 3 heterocycles. The molecule has 2 N–H and O–H groups in total. The molecule has 2 aromatic carbocycles. The minimum atomic E-state index is -4.76. The molecule has 0 saturated carbocycles. The van der Waals surface area contributed by atoms with Crippen molar-refractivity contribution in [3.05, 3.63) is 71.2 Å². The normalized spacial score (nSPS) is 14.3. The Morgan fingerprint density at radius 1 is 1.00 bits per heavy atom. The van der Waals surface area contributed by atoms with Gasteiger partial charge in [0.2, 0.25) is 0 Å². The first kappa shape index (κ1) is 35.1. The van der Waals surface area contributed by atoms with Gasteiger partial charge in [0.15, 0.2) is 0 Å². The fourth-order valence-electron chi connectivity index (χ4n) is 5.67. The predicted octanol–water partition coefficient (Wildman–Crippen LogP) is 6.39. The number of nitrogens with zero attached hydrogens (tertiary/aromatic N) is 4. The summed E-state index contributed by atoms with van der Waals surface area (Å²) in [4.78, 5) is 31.3. The number of fused-ring (bicyclic) bond motifs is 1. The number of anilines is 2. The van der Waals surface area contributed by atoms with E-state index < -0.39 is 40.7 Å². The number of piperidine rings is 1. The number of hydrogen-bond acceptors (Lipinski definition) is 6. The van der Waals surface area contributed by atoms with Crippen molar-refractivity contribution in [2.24, 2.45) is 0 Å². The van der Waals surface area contributed by atoms with E-state index in [1.54, 1.807) is 15.5 Å². The summed E-state index contributed by atoms with van der Waals surface area (Å²) in [6.07, 6.45) is -2.50. The molecule has 48 heavy (non-hydrogen) atoms. The molecule has 1 saturated heterocycles. The van der Waals surface area contributed by atoms with Crippen molar-refractivity contribution in [1.29, 1.82) is 0 Å². The molecule has 3 amide bonds. The van der Waals surface area contributed by atoms with Crippen molar-refractivity contribution in [2.45, 2.75) is 57.9 Å². The van der Waals surface area contributed by atoms with E-state index in [0.29, 0.717) is 65.3 Å². The van der Waals surface area contributed by atoms with Crippen LogP contribution in [0.3, 0.4) is 0 Å². The van der Waals surface area contributed by atoms with Gasteiger partial charge >= 0.3 is 247 Å². The van der Waals surface area contributed by atoms with Crippen molar-refractivity contribution < 1.29 is 41.0 Å². The summed E-state index contributed by atoms with van der Waals surface area (Å²) < 4.78 is 82.4. The van der Waals surface area contributed by atoms with E-state index in [0.717, 1.165) is 11.3 Å². The third kappa shape index (κ3) is 7.57. The van der Waals surface area contributed by atoms with Gasteiger partial charge in [0.25, 0.3) is 0 Å². The number of alkyl halides is 3. The molecule has 0 atom stereocenters. The SMILES string of the molecule is COCc1c(-c2ccc(NC(=O)Nc3cc(C(F)(F)F)ccc3F)c(F)c2)c2c([As])ncnn2c1C1CCN(C(=O)OC(C)(C)C)CC1. The number of rotatable bonds is 6. The van der Waals surface area contributed by atoms with Gasteiger partial charge in [-0.3, -0.25) is 0 Å². The van der Waals surface area contributed by atoms with Crippen molar-refractivity contribution in [3.8, 4) is 11.1 Å². The zero-order valence-corrected chi connectivity index (χ0v) is 28.3. The van der Waals surface area contributed by atoms with Gasteiger partial charge in [-0.2, -0.15) is 13.2 Å². The third-order valence-corrected chi connectivity index (χ3v) is 8.40. The van der Waals surface area contributed by atoms with Crippen molar-refractivity contribution in [1.82, 2.24) is 19.5 Å². The Balaban J connectivity index is 1.44. The second-order valence-corrected chi connectivity index (χ2v) is 13.1. The number of carbonyl (C=O) groups excluding carboxylic acids is 2. The van der Waals surface area contributed by atoms with Gasteiger partial charge in [-0.15, -0.1) is 0 Å². The van der Waals surface area contributed by atoms with Crippen molar-refractivity contribution >= 4 is 50.4 Å². The molecule has 2 aromatic heterocycles. The molecule has 1 aliphatic heterocycles. The topological polar surface area (TPSA) is 110 Å². The Kier molecular flexibility index (Phi) is 10.0. The van der Waals surface area contributed by atoms with Crippen LogP contribution in [0.5, 0.6) is 0 Å². The van der Waals surface area contributed by atoms with Gasteiger partial charge in [0.05, 0.1) is 5.56 Å². The van der Waals surface area contributed by atoms with Crippen LogP contribution in [0.25, 0.3) is 16.6 Å². The van der Waals surface area contributed by atoms with Gasteiger partial charge in [-0.25, -0.2) is 4.39 Å². The van der Waals surface area contributed by atoms with Crippen molar-refractivity contribution in [3.63, 3.8) is 0 Å². The molecular formula is C32H32AsF5N6O4. The van der Waals surface area contributed by atoms with Crippen LogP contribution in [-0.4, -0.2) is 74.3 Å². The van der Waals surface area contributed by atoms with Gasteiger partial charge in [0, 0.05) is 0 Å². The second kappa shape index (κ2) is 13.7. The molecule has 4 aromatic rings. The average molecular weight is 735 g/mol. The standard InChI is InChI=1S/C32H32AsF5N6O4/c1-31(2,3)48-30(46)43-11-9-17(10-12-43)26-20(15-47-4)25(27-28(33)39-16-40-44(26)27)18-5-8-23(22(35)13-18)41-29(45)42-24-14-19(32(36,37)38)6-7-21(24)34/h5-8,13-14,16-17H,9-12,15H2,1-4H3,(H2,41,42,45). The Morgan fingerprint density at radius 3 is 2.31 bits per heavy atom. The molecule has 0 unspecified atom stereocenters. The van der Waals surface area contributed by atoms with Crippen LogP contribution in [0.1, 0.15) is 56.4 Å². The van der Waals surface area contributed by atoms with Gasteiger partial charge < -0.3 is 0 Å². The number of carbonyl (C=O) groups is 2. The van der Waals surface area contributed by atoms with E-state index in [9.17, 15) is 27.2 Å². The summed E-state index contributed by atoms with van der Waals surface area (Å²) in [5.74, 6) is -1.99. The molecule has 2 radical (unpaired) electrons. The molecule has 16 heteroatoms. The molecule has 0 bridgehead atoms. The Morgan fingerprint density at radius 2 is 1.69 bits per heavy atom. The van der Waals surface area contributed by atoms with Crippen LogP contribution < -0.4 is 15.1 Å². The number of urea groups is 1. The monoisotopic (exact) mass is 734 g/mol. The zero-order chi connectivity index (χ0) is 35.0. The maximum absolute atomic E-state index is 15.6. The molecule has 1 fully saturated rings. The molecular weight excluding hydrogens is 702 g/mol. The van der Waals surface area contributed by atoms with E-state index in [2.05, 4.69) is 32.3 Å². The fourth-order valence-corrected chi connectivity index (χ4v) is 6.21. The van der Waals surface area contributed by atoms with E-state index >= 15 is 4.39 Å². The van der Waals surface area contributed by atoms with Crippen molar-refractivity contribution in [2.75, 3.05) is 30.8 Å². The maximum atomic E-state index is 15.6. The second-order valence-electron chi connectivity index (χ2n) is 12.2. The summed E-state index contributed by atoms with van der Waals surface area (Å²) in [5.41, 5.74) is 0.429. The Hall–Kier alpha value is -4.23. The Labute approximate surface area is 281 Å². The number of nitrogens with one attached hydrogen (secondary N) is 2. The first-order chi connectivity index (χ1) is 22.6. The predicted molar refractivity (Wildman–Crippen MR) is 168 cm³/mol. The van der Waals surface area contributed by atoms with Crippen LogP contribution in [-0.2, 0) is 22.3 Å². The number of likely N-dealkylation sites (tertiary alicyclic amines) is 1. The van der Waals surface area contributed by atoms with E-state index in [1.165, 1.54) is 25.6 Å². The first-order valence-electron chi connectivity index (χ1n) is 14.9. The number of methoxy groups -OCH3 is 1. The molecule has 254 valence electrons. The first-order valence-corrected chi connectivity index (χ1v) is 15.8. The van der Waals surface area contributed by atoms with Gasteiger partial charge in [-0.05, 0) is 12.1 Å². The number of benzene rings is 2. The van der Waals surface area contributed by atoms with Crippen LogP contribution in [0.4, 0.5) is 42.9 Å². The van der Waals surface area contributed by atoms with Gasteiger partial charge in [-0.1, -0.05) is 0 Å². The molecule has 0 aliphatic carbocycles. The summed E-state index contributed by atoms with van der Waals surface area (Å²) in [5, 5.41) is 8.75. The van der Waals surface area contributed by atoms with Crippen LogP contribution in [0, 0.1) is 11.6 Å². The van der Waals surface area contributed by atoms with E-state index in [4.69, 9.17) is 9.47 Å². The molecule has 1 aliphatic rings. The van der Waals surface area contributed by atoms with Crippen LogP contribution in [0.2, 0.25) is 0 Å². The van der Waals surface area contributed by atoms with Crippen LogP contribution in [0.15, 0.2) is 42.7 Å². The summed E-state index contributed by atoms with van der Waals surface area (Å²) in [7, 11) is 1.54.